The summed E-state index contributed by atoms with van der Waals surface area (Å²) >= 11 is 0. The molecule has 114 valence electrons. The van der Waals surface area contributed by atoms with E-state index in [1.807, 2.05) is 0 Å². The molecule has 1 saturated heterocycles. The number of hydrogen-bond acceptors (Lipinski definition) is 6. The zero-order chi connectivity index (χ0) is 16.6. The predicted octanol–water partition coefficient (Wildman–Crippen LogP) is 0.444. The fourth-order valence-corrected chi connectivity index (χ4v) is 2.04. The third-order valence-corrected chi connectivity index (χ3v) is 3.35. The quantitative estimate of drug-likeness (QED) is 0.346. The number of Topliss-reactive ketones (excluding diaryl/α,β-unsaturated/α-hetero) is 1. The summed E-state index contributed by atoms with van der Waals surface area (Å²) in [5.74, 6) is -4.31. The minimum Gasteiger partial charge on any atom is -0.293 e. The van der Waals surface area contributed by atoms with Crippen molar-refractivity contribution in [3.63, 3.8) is 0 Å². The third-order valence-electron chi connectivity index (χ3n) is 3.35. The molecule has 0 radical (unpaired) electrons. The Balaban J connectivity index is 2.35. The number of carbonyl (C=O) groups is 4. The van der Waals surface area contributed by atoms with E-state index in [-0.39, 0.29) is 11.3 Å². The maximum atomic E-state index is 12.3. The highest BCUT2D eigenvalue weighted by Gasteiger charge is 2.46. The molecule has 1 aliphatic rings. The van der Waals surface area contributed by atoms with Gasteiger partial charge in [0.2, 0.25) is 0 Å². The third kappa shape index (κ3) is 2.32. The zero-order valence-corrected chi connectivity index (χ0v) is 11.7. The van der Waals surface area contributed by atoms with Crippen LogP contribution in [-0.4, -0.2) is 52.4 Å². The summed E-state index contributed by atoms with van der Waals surface area (Å²) in [5, 5.41) is 10.6. The lowest BCUT2D eigenvalue weighted by Gasteiger charge is -2.32. The molecule has 0 atom stereocenters. The Labute approximate surface area is 124 Å². The number of carbonyl (C=O) groups excluding carboxylic acids is 4. The standard InChI is InChI=1S/C13H11N3O6/c1-14-11(18)9(12(19)15(2)13(14)20)10(17)7-3-5-8(6-4-7)16(21)22/h3-6,9H,1-2H3. The predicted molar refractivity (Wildman–Crippen MR) is 71.9 cm³/mol. The number of nitro benzene ring substituents is 1. The van der Waals surface area contributed by atoms with Crippen LogP contribution in [0.2, 0.25) is 0 Å². The number of amides is 4. The largest absolute Gasteiger partial charge is 0.332 e. The summed E-state index contributed by atoms with van der Waals surface area (Å²) in [5.41, 5.74) is -0.240. The van der Waals surface area contributed by atoms with Crippen LogP contribution in [0.3, 0.4) is 0 Å². The Morgan fingerprint density at radius 2 is 1.50 bits per heavy atom. The Morgan fingerprint density at radius 3 is 1.91 bits per heavy atom. The molecule has 9 nitrogen and oxygen atoms in total. The van der Waals surface area contributed by atoms with Gasteiger partial charge in [0.1, 0.15) is 0 Å². The molecule has 1 aromatic carbocycles. The van der Waals surface area contributed by atoms with Crippen molar-refractivity contribution in [3.8, 4) is 0 Å². The van der Waals surface area contributed by atoms with E-state index in [1.165, 1.54) is 14.1 Å². The molecule has 1 aromatic rings. The van der Waals surface area contributed by atoms with Crippen molar-refractivity contribution in [3.05, 3.63) is 39.9 Å². The second-order valence-electron chi connectivity index (χ2n) is 4.68. The van der Waals surface area contributed by atoms with Crippen LogP contribution in [0.4, 0.5) is 10.5 Å². The first-order valence-electron chi connectivity index (χ1n) is 6.13. The second-order valence-corrected chi connectivity index (χ2v) is 4.68. The van der Waals surface area contributed by atoms with Crippen LogP contribution < -0.4 is 0 Å². The number of ketones is 1. The number of urea groups is 1. The first kappa shape index (κ1) is 15.3. The normalized spacial score (nSPS) is 16.2. The van der Waals surface area contributed by atoms with Gasteiger partial charge in [-0.3, -0.25) is 34.3 Å². The minimum atomic E-state index is -1.66. The molecule has 2 rings (SSSR count). The number of benzene rings is 1. The van der Waals surface area contributed by atoms with Crippen molar-refractivity contribution in [1.29, 1.82) is 0 Å². The monoisotopic (exact) mass is 305 g/mol. The fraction of sp³-hybridized carbons (Fsp3) is 0.231. The van der Waals surface area contributed by atoms with Crippen LogP contribution in [0.1, 0.15) is 10.4 Å². The number of nitro groups is 1. The van der Waals surface area contributed by atoms with Gasteiger partial charge >= 0.3 is 6.03 Å². The van der Waals surface area contributed by atoms with E-state index in [2.05, 4.69) is 0 Å². The fourth-order valence-electron chi connectivity index (χ4n) is 2.04. The van der Waals surface area contributed by atoms with Crippen molar-refractivity contribution in [2.75, 3.05) is 14.1 Å². The van der Waals surface area contributed by atoms with Gasteiger partial charge in [0.25, 0.3) is 17.5 Å². The van der Waals surface area contributed by atoms with E-state index < -0.39 is 34.5 Å². The van der Waals surface area contributed by atoms with Crippen molar-refractivity contribution in [2.24, 2.45) is 5.92 Å². The van der Waals surface area contributed by atoms with E-state index in [0.717, 1.165) is 24.3 Å². The van der Waals surface area contributed by atoms with E-state index in [9.17, 15) is 29.3 Å². The van der Waals surface area contributed by atoms with Crippen molar-refractivity contribution in [2.45, 2.75) is 0 Å². The minimum absolute atomic E-state index is 0.0200. The smallest absolute Gasteiger partial charge is 0.293 e. The highest BCUT2D eigenvalue weighted by atomic mass is 16.6. The SMILES string of the molecule is CN1C(=O)C(C(=O)c2ccc([N+](=O)[O-])cc2)C(=O)N(C)C1=O. The number of barbiturate groups is 1. The van der Waals surface area contributed by atoms with Gasteiger partial charge in [-0.1, -0.05) is 0 Å². The summed E-state index contributed by atoms with van der Waals surface area (Å²) in [6, 6.07) is 3.71. The molecule has 0 N–H and O–H groups in total. The summed E-state index contributed by atoms with van der Waals surface area (Å²) < 4.78 is 0. The number of imide groups is 2. The van der Waals surface area contributed by atoms with E-state index in [0.29, 0.717) is 9.80 Å². The maximum Gasteiger partial charge on any atom is 0.332 e. The summed E-state index contributed by atoms with van der Waals surface area (Å²) in [7, 11) is 2.34. The first-order valence-corrected chi connectivity index (χ1v) is 6.13. The number of non-ortho nitro benzene ring substituents is 1. The van der Waals surface area contributed by atoms with Gasteiger partial charge < -0.3 is 0 Å². The van der Waals surface area contributed by atoms with Crippen LogP contribution in [0.5, 0.6) is 0 Å². The second kappa shape index (κ2) is 5.35. The molecule has 0 spiro atoms. The molecule has 1 fully saturated rings. The molecule has 1 heterocycles. The Bertz CT molecular complexity index is 672. The topological polar surface area (TPSA) is 118 Å². The Hall–Kier alpha value is -3.10. The van der Waals surface area contributed by atoms with E-state index >= 15 is 0 Å². The van der Waals surface area contributed by atoms with Crippen LogP contribution in [0.25, 0.3) is 0 Å². The first-order chi connectivity index (χ1) is 10.3. The number of nitrogens with zero attached hydrogens (tertiary/aromatic N) is 3. The molecule has 0 unspecified atom stereocenters. The average molecular weight is 305 g/mol. The summed E-state index contributed by atoms with van der Waals surface area (Å²) in [6.45, 7) is 0. The summed E-state index contributed by atoms with van der Waals surface area (Å²) in [4.78, 5) is 59.3. The zero-order valence-electron chi connectivity index (χ0n) is 11.7. The van der Waals surface area contributed by atoms with Crippen LogP contribution >= 0.6 is 0 Å². The van der Waals surface area contributed by atoms with Gasteiger partial charge in [-0.2, -0.15) is 0 Å². The van der Waals surface area contributed by atoms with Crippen molar-refractivity contribution in [1.82, 2.24) is 9.80 Å². The lowest BCUT2D eigenvalue weighted by atomic mass is 9.93. The van der Waals surface area contributed by atoms with Gasteiger partial charge in [0.05, 0.1) is 4.92 Å². The lowest BCUT2D eigenvalue weighted by molar-refractivity contribution is -0.384. The molecule has 0 aromatic heterocycles. The van der Waals surface area contributed by atoms with Gasteiger partial charge in [0, 0.05) is 31.8 Å². The molecule has 1 aliphatic heterocycles. The summed E-state index contributed by atoms with van der Waals surface area (Å²) in [6.07, 6.45) is 0. The van der Waals surface area contributed by atoms with E-state index in [1.54, 1.807) is 0 Å². The lowest BCUT2D eigenvalue weighted by Crippen LogP contribution is -2.58. The van der Waals surface area contributed by atoms with E-state index in [4.69, 9.17) is 0 Å². The van der Waals surface area contributed by atoms with Gasteiger partial charge in [-0.25, -0.2) is 4.79 Å². The molecule has 0 saturated carbocycles. The molecular weight excluding hydrogens is 294 g/mol. The van der Waals surface area contributed by atoms with Gasteiger partial charge in [-0.15, -0.1) is 0 Å². The maximum absolute atomic E-state index is 12.3. The molecular formula is C13H11N3O6. The molecule has 22 heavy (non-hydrogen) atoms. The van der Waals surface area contributed by atoms with Gasteiger partial charge in [-0.05, 0) is 12.1 Å². The Kier molecular flexibility index (Phi) is 3.72. The van der Waals surface area contributed by atoms with Gasteiger partial charge in [0.15, 0.2) is 11.7 Å². The van der Waals surface area contributed by atoms with Crippen molar-refractivity contribution < 1.29 is 24.1 Å². The number of rotatable bonds is 3. The van der Waals surface area contributed by atoms with Crippen LogP contribution in [-0.2, 0) is 9.59 Å². The Morgan fingerprint density at radius 1 is 1.05 bits per heavy atom. The molecule has 9 heteroatoms. The highest BCUT2D eigenvalue weighted by molar-refractivity contribution is 6.29. The van der Waals surface area contributed by atoms with Crippen LogP contribution in [0.15, 0.2) is 24.3 Å². The molecule has 0 bridgehead atoms. The average Bonchev–Trinajstić information content (AvgIpc) is 2.51. The number of hydrogen-bond donors (Lipinski definition) is 0. The molecule has 4 amide bonds. The van der Waals surface area contributed by atoms with Crippen molar-refractivity contribution >= 4 is 29.3 Å². The molecule has 0 aliphatic carbocycles. The van der Waals surface area contributed by atoms with Crippen LogP contribution in [0, 0.1) is 16.0 Å². The highest BCUT2D eigenvalue weighted by Crippen LogP contribution is 2.21.